The summed E-state index contributed by atoms with van der Waals surface area (Å²) < 4.78 is 10.3. The molecule has 0 aliphatic rings. The molecule has 0 aliphatic carbocycles. The van der Waals surface area contributed by atoms with Crippen molar-refractivity contribution in [3.8, 4) is 0 Å². The van der Waals surface area contributed by atoms with Crippen molar-refractivity contribution in [2.45, 2.75) is 19.4 Å². The first-order valence-corrected chi connectivity index (χ1v) is 6.84. The highest BCUT2D eigenvalue weighted by atomic mass is 35.5. The van der Waals surface area contributed by atoms with E-state index in [2.05, 4.69) is 15.5 Å². The molecule has 6 heteroatoms. The van der Waals surface area contributed by atoms with E-state index >= 15 is 0 Å². The molecule has 0 spiro atoms. The summed E-state index contributed by atoms with van der Waals surface area (Å²) in [6, 6.07) is 7.86. The topological polar surface area (TPSA) is 60.2 Å². The Kier molecular flexibility index (Phi) is 5.52. The van der Waals surface area contributed by atoms with Crippen molar-refractivity contribution in [1.29, 1.82) is 0 Å². The van der Waals surface area contributed by atoms with Gasteiger partial charge in [0.1, 0.15) is 0 Å². The normalized spacial score (nSPS) is 12.6. The molecule has 0 amide bonds. The molecule has 0 aliphatic heterocycles. The first-order chi connectivity index (χ1) is 9.69. The van der Waals surface area contributed by atoms with E-state index in [1.165, 1.54) is 0 Å². The van der Waals surface area contributed by atoms with Gasteiger partial charge in [0.25, 0.3) is 0 Å². The van der Waals surface area contributed by atoms with E-state index in [0.717, 1.165) is 17.1 Å². The molecule has 5 nitrogen and oxygen atoms in total. The second kappa shape index (κ2) is 7.38. The number of nitrogens with one attached hydrogen (secondary N) is 1. The van der Waals surface area contributed by atoms with Gasteiger partial charge in [0.15, 0.2) is 5.82 Å². The number of aromatic nitrogens is 2. The van der Waals surface area contributed by atoms with Gasteiger partial charge in [0.05, 0.1) is 12.6 Å². The van der Waals surface area contributed by atoms with Gasteiger partial charge in [-0.3, -0.25) is 0 Å². The van der Waals surface area contributed by atoms with Crippen molar-refractivity contribution in [3.63, 3.8) is 0 Å². The summed E-state index contributed by atoms with van der Waals surface area (Å²) in [5.41, 5.74) is 1.14. The number of hydrogen-bond acceptors (Lipinski definition) is 5. The Hall–Kier alpha value is -1.43. The molecule has 1 heterocycles. The van der Waals surface area contributed by atoms with E-state index in [0.29, 0.717) is 24.7 Å². The van der Waals surface area contributed by atoms with Crippen LogP contribution in [0.25, 0.3) is 0 Å². The number of aryl methyl sites for hydroxylation is 1. The molecule has 0 fully saturated rings. The summed E-state index contributed by atoms with van der Waals surface area (Å²) in [5, 5.41) is 7.91. The molecule has 0 radical (unpaired) electrons. The smallest absolute Gasteiger partial charge is 0.227 e. The number of benzene rings is 1. The Morgan fingerprint density at radius 2 is 2.10 bits per heavy atom. The molecule has 1 aromatic carbocycles. The van der Waals surface area contributed by atoms with Crippen molar-refractivity contribution in [3.05, 3.63) is 46.6 Å². The largest absolute Gasteiger partial charge is 0.383 e. The second-order valence-corrected chi connectivity index (χ2v) is 4.94. The lowest BCUT2D eigenvalue weighted by Gasteiger charge is -2.18. The van der Waals surface area contributed by atoms with Crippen LogP contribution in [-0.4, -0.2) is 30.4 Å². The predicted molar refractivity (Wildman–Crippen MR) is 76.8 cm³/mol. The minimum absolute atomic E-state index is 0.112. The van der Waals surface area contributed by atoms with E-state index < -0.39 is 0 Å². The number of methoxy groups -OCH3 is 1. The maximum absolute atomic E-state index is 5.90. The van der Waals surface area contributed by atoms with Crippen molar-refractivity contribution >= 4 is 11.6 Å². The summed E-state index contributed by atoms with van der Waals surface area (Å²) in [4.78, 5) is 4.17. The van der Waals surface area contributed by atoms with Gasteiger partial charge in [-0.2, -0.15) is 4.98 Å². The maximum Gasteiger partial charge on any atom is 0.227 e. The minimum atomic E-state index is 0.112. The average molecular weight is 296 g/mol. The summed E-state index contributed by atoms with van der Waals surface area (Å²) in [7, 11) is 1.69. The maximum atomic E-state index is 5.90. The lowest BCUT2D eigenvalue weighted by Crippen LogP contribution is -2.27. The summed E-state index contributed by atoms with van der Waals surface area (Å²) in [5.74, 6) is 1.30. The number of hydrogen-bond donors (Lipinski definition) is 1. The van der Waals surface area contributed by atoms with Crippen LogP contribution in [0.1, 0.15) is 23.3 Å². The van der Waals surface area contributed by atoms with Gasteiger partial charge in [-0.05, 0) is 24.6 Å². The molecule has 0 saturated heterocycles. The highest BCUT2D eigenvalue weighted by Gasteiger charge is 2.11. The van der Waals surface area contributed by atoms with Crippen LogP contribution in [0, 0.1) is 6.92 Å². The minimum Gasteiger partial charge on any atom is -0.383 e. The fourth-order valence-electron chi connectivity index (χ4n) is 1.93. The summed E-state index contributed by atoms with van der Waals surface area (Å²) >= 11 is 5.90. The van der Waals surface area contributed by atoms with Crippen LogP contribution in [0.15, 0.2) is 28.8 Å². The van der Waals surface area contributed by atoms with Gasteiger partial charge in [-0.1, -0.05) is 28.9 Å². The highest BCUT2D eigenvalue weighted by molar-refractivity contribution is 6.30. The molecule has 0 unspecified atom stereocenters. The Bertz CT molecular complexity index is 527. The Balaban J connectivity index is 1.90. The van der Waals surface area contributed by atoms with Crippen LogP contribution in [0.5, 0.6) is 0 Å². The van der Waals surface area contributed by atoms with Crippen LogP contribution in [-0.2, 0) is 11.2 Å². The third kappa shape index (κ3) is 4.30. The summed E-state index contributed by atoms with van der Waals surface area (Å²) in [6.45, 7) is 3.13. The molecule has 1 N–H and O–H groups in total. The lowest BCUT2D eigenvalue weighted by molar-refractivity contribution is 0.166. The zero-order valence-corrected chi connectivity index (χ0v) is 12.4. The van der Waals surface area contributed by atoms with Gasteiger partial charge in [-0.15, -0.1) is 0 Å². The molecule has 108 valence electrons. The Morgan fingerprint density at radius 1 is 1.35 bits per heavy atom. The summed E-state index contributed by atoms with van der Waals surface area (Å²) in [6.07, 6.45) is 0.689. The van der Waals surface area contributed by atoms with Gasteiger partial charge in [0.2, 0.25) is 5.89 Å². The zero-order chi connectivity index (χ0) is 14.4. The van der Waals surface area contributed by atoms with Crippen LogP contribution in [0.2, 0.25) is 5.02 Å². The standard InChI is InChI=1S/C14H18ClN3O2/c1-10-17-14(20-18-10)7-8-16-13(9-19-2)11-3-5-12(15)6-4-11/h3-6,13,16H,7-9H2,1-2H3/t13-/m0/s1. The second-order valence-electron chi connectivity index (χ2n) is 4.50. The number of ether oxygens (including phenoxy) is 1. The monoisotopic (exact) mass is 295 g/mol. The van der Waals surface area contributed by atoms with Crippen LogP contribution in [0.4, 0.5) is 0 Å². The zero-order valence-electron chi connectivity index (χ0n) is 11.6. The Morgan fingerprint density at radius 3 is 2.70 bits per heavy atom. The van der Waals surface area contributed by atoms with Crippen molar-refractivity contribution in [2.24, 2.45) is 0 Å². The third-order valence-electron chi connectivity index (χ3n) is 2.90. The first kappa shape index (κ1) is 15.0. The molecule has 2 rings (SSSR count). The molecule has 1 atom stereocenters. The molecule has 0 saturated carbocycles. The van der Waals surface area contributed by atoms with E-state index in [1.54, 1.807) is 7.11 Å². The SMILES string of the molecule is COC[C@H](NCCc1nc(C)no1)c1ccc(Cl)cc1. The molecular formula is C14H18ClN3O2. The molecule has 1 aromatic heterocycles. The van der Waals surface area contributed by atoms with E-state index in [1.807, 2.05) is 31.2 Å². The fourth-order valence-corrected chi connectivity index (χ4v) is 2.06. The lowest BCUT2D eigenvalue weighted by atomic mass is 10.1. The van der Waals surface area contributed by atoms with Gasteiger partial charge in [-0.25, -0.2) is 0 Å². The van der Waals surface area contributed by atoms with Crippen LogP contribution < -0.4 is 5.32 Å². The van der Waals surface area contributed by atoms with Gasteiger partial charge >= 0.3 is 0 Å². The Labute approximate surface area is 123 Å². The van der Waals surface area contributed by atoms with E-state index in [-0.39, 0.29) is 6.04 Å². The molecule has 0 bridgehead atoms. The van der Waals surface area contributed by atoms with Crippen molar-refractivity contribution < 1.29 is 9.26 Å². The number of rotatable bonds is 7. The van der Waals surface area contributed by atoms with Crippen molar-refractivity contribution in [2.75, 3.05) is 20.3 Å². The average Bonchev–Trinajstić information content (AvgIpc) is 2.84. The molecular weight excluding hydrogens is 278 g/mol. The fraction of sp³-hybridized carbons (Fsp3) is 0.429. The first-order valence-electron chi connectivity index (χ1n) is 6.46. The third-order valence-corrected chi connectivity index (χ3v) is 3.16. The van der Waals surface area contributed by atoms with E-state index in [4.69, 9.17) is 20.9 Å². The molecule has 20 heavy (non-hydrogen) atoms. The van der Waals surface area contributed by atoms with E-state index in [9.17, 15) is 0 Å². The highest BCUT2D eigenvalue weighted by Crippen LogP contribution is 2.16. The quantitative estimate of drug-likeness (QED) is 0.850. The van der Waals surface area contributed by atoms with Gasteiger partial charge in [0, 0.05) is 25.1 Å². The van der Waals surface area contributed by atoms with Gasteiger partial charge < -0.3 is 14.6 Å². The van der Waals surface area contributed by atoms with Crippen molar-refractivity contribution in [1.82, 2.24) is 15.5 Å². The molecule has 2 aromatic rings. The predicted octanol–water partition coefficient (Wildman–Crippen LogP) is 2.55. The van der Waals surface area contributed by atoms with Crippen LogP contribution in [0.3, 0.4) is 0 Å². The number of nitrogens with zero attached hydrogens (tertiary/aromatic N) is 2. The number of halogens is 1. The van der Waals surface area contributed by atoms with Crippen LogP contribution >= 0.6 is 11.6 Å².